The maximum absolute atomic E-state index is 12.0. The Kier molecular flexibility index (Phi) is 3.78. The number of benzene rings is 2. The molecule has 2 heteroatoms. The van der Waals surface area contributed by atoms with Crippen LogP contribution in [0.1, 0.15) is 30.9 Å². The summed E-state index contributed by atoms with van der Waals surface area (Å²) in [5, 5.41) is 3.14. The molecule has 0 heterocycles. The van der Waals surface area contributed by atoms with Crippen LogP contribution in [0.4, 0.5) is 0 Å². The molecule has 0 atom stereocenters. The highest BCUT2D eigenvalue weighted by molar-refractivity contribution is 5.81. The number of carbonyl (C=O) groups excluding carboxylic acids is 1. The lowest BCUT2D eigenvalue weighted by molar-refractivity contribution is -0.122. The summed E-state index contributed by atoms with van der Waals surface area (Å²) in [4.78, 5) is 12.0. The van der Waals surface area contributed by atoms with E-state index >= 15 is 0 Å². The second kappa shape index (κ2) is 5.72. The molecule has 1 aliphatic rings. The average molecular weight is 279 g/mol. The zero-order valence-electron chi connectivity index (χ0n) is 12.4. The fraction of sp³-hybridized carbons (Fsp3) is 0.316. The molecular weight excluding hydrogens is 258 g/mol. The van der Waals surface area contributed by atoms with Gasteiger partial charge in [0.05, 0.1) is 0 Å². The van der Waals surface area contributed by atoms with Gasteiger partial charge in [-0.3, -0.25) is 4.79 Å². The molecule has 1 saturated carbocycles. The van der Waals surface area contributed by atoms with Crippen molar-refractivity contribution in [1.29, 1.82) is 0 Å². The summed E-state index contributed by atoms with van der Waals surface area (Å²) in [6.45, 7) is 2.83. The number of rotatable bonds is 5. The van der Waals surface area contributed by atoms with Gasteiger partial charge in [-0.25, -0.2) is 0 Å². The monoisotopic (exact) mass is 279 g/mol. The summed E-state index contributed by atoms with van der Waals surface area (Å²) in [7, 11) is 0. The maximum Gasteiger partial charge on any atom is 0.223 e. The van der Waals surface area contributed by atoms with Crippen molar-refractivity contribution >= 4 is 5.91 Å². The first kappa shape index (κ1) is 13.9. The van der Waals surface area contributed by atoms with Crippen LogP contribution in [0.2, 0.25) is 0 Å². The van der Waals surface area contributed by atoms with Gasteiger partial charge in [-0.1, -0.05) is 60.7 Å². The van der Waals surface area contributed by atoms with E-state index in [2.05, 4.69) is 60.8 Å². The van der Waals surface area contributed by atoms with Crippen LogP contribution in [-0.4, -0.2) is 12.5 Å². The Labute approximate surface area is 126 Å². The Hall–Kier alpha value is -2.09. The standard InChI is InChI=1S/C19H21NO/c1-19(16-8-4-2-5-9-16,17-10-6-3-7-11-17)14-20-18(21)15-12-13-15/h2-11,15H,12-14H2,1H3,(H,20,21). The van der Waals surface area contributed by atoms with Gasteiger partial charge in [0.25, 0.3) is 0 Å². The quantitative estimate of drug-likeness (QED) is 0.891. The number of hydrogen-bond donors (Lipinski definition) is 1. The van der Waals surface area contributed by atoms with Gasteiger partial charge in [0, 0.05) is 17.9 Å². The number of nitrogens with one attached hydrogen (secondary N) is 1. The Bertz CT molecular complexity index is 562. The summed E-state index contributed by atoms with van der Waals surface area (Å²) < 4.78 is 0. The van der Waals surface area contributed by atoms with Gasteiger partial charge in [0.15, 0.2) is 0 Å². The van der Waals surface area contributed by atoms with Gasteiger partial charge in [-0.2, -0.15) is 0 Å². The lowest BCUT2D eigenvalue weighted by Crippen LogP contribution is -2.40. The van der Waals surface area contributed by atoms with Crippen molar-refractivity contribution < 1.29 is 4.79 Å². The third kappa shape index (κ3) is 2.99. The van der Waals surface area contributed by atoms with E-state index < -0.39 is 0 Å². The minimum atomic E-state index is -0.201. The fourth-order valence-corrected chi connectivity index (χ4v) is 2.74. The summed E-state index contributed by atoms with van der Waals surface area (Å²) in [6, 6.07) is 20.8. The first-order chi connectivity index (χ1) is 10.2. The molecule has 21 heavy (non-hydrogen) atoms. The summed E-state index contributed by atoms with van der Waals surface area (Å²) in [5.74, 6) is 0.453. The molecular formula is C19H21NO. The maximum atomic E-state index is 12.0. The minimum absolute atomic E-state index is 0.201. The van der Waals surface area contributed by atoms with Crippen LogP contribution >= 0.6 is 0 Å². The van der Waals surface area contributed by atoms with Crippen LogP contribution in [0.25, 0.3) is 0 Å². The molecule has 0 aromatic heterocycles. The SMILES string of the molecule is CC(CNC(=O)C1CC1)(c1ccccc1)c1ccccc1. The van der Waals surface area contributed by atoms with Crippen molar-refractivity contribution in [3.8, 4) is 0 Å². The molecule has 0 radical (unpaired) electrons. The van der Waals surface area contributed by atoms with Gasteiger partial charge >= 0.3 is 0 Å². The summed E-state index contributed by atoms with van der Waals surface area (Å²) in [5.41, 5.74) is 2.26. The predicted octanol–water partition coefficient (Wildman–Crippen LogP) is 3.52. The Morgan fingerprint density at radius 1 is 1.00 bits per heavy atom. The molecule has 0 unspecified atom stereocenters. The van der Waals surface area contributed by atoms with Gasteiger partial charge in [-0.15, -0.1) is 0 Å². The molecule has 1 amide bonds. The molecule has 1 aliphatic carbocycles. The van der Waals surface area contributed by atoms with E-state index in [1.807, 2.05) is 12.1 Å². The summed E-state index contributed by atoms with van der Waals surface area (Å²) in [6.07, 6.45) is 2.08. The Morgan fingerprint density at radius 3 is 1.90 bits per heavy atom. The first-order valence-corrected chi connectivity index (χ1v) is 7.59. The topological polar surface area (TPSA) is 29.1 Å². The van der Waals surface area contributed by atoms with Crippen molar-refractivity contribution in [3.63, 3.8) is 0 Å². The molecule has 0 spiro atoms. The average Bonchev–Trinajstić information content (AvgIpc) is 3.39. The van der Waals surface area contributed by atoms with E-state index in [9.17, 15) is 4.79 Å². The Balaban J connectivity index is 1.88. The molecule has 2 nitrogen and oxygen atoms in total. The van der Waals surface area contributed by atoms with Crippen molar-refractivity contribution in [2.75, 3.05) is 6.54 Å². The number of carbonyl (C=O) groups is 1. The van der Waals surface area contributed by atoms with Gasteiger partial charge in [0.1, 0.15) is 0 Å². The highest BCUT2D eigenvalue weighted by Crippen LogP contribution is 2.33. The lowest BCUT2D eigenvalue weighted by Gasteiger charge is -2.31. The van der Waals surface area contributed by atoms with E-state index in [0.29, 0.717) is 6.54 Å². The minimum Gasteiger partial charge on any atom is -0.355 e. The van der Waals surface area contributed by atoms with Gasteiger partial charge in [0.2, 0.25) is 5.91 Å². The molecule has 0 aliphatic heterocycles. The number of amides is 1. The Morgan fingerprint density at radius 2 is 1.48 bits per heavy atom. The van der Waals surface area contributed by atoms with Gasteiger partial charge in [-0.05, 0) is 30.9 Å². The molecule has 1 fully saturated rings. The van der Waals surface area contributed by atoms with Crippen LogP contribution in [0, 0.1) is 5.92 Å². The highest BCUT2D eigenvalue weighted by atomic mass is 16.2. The molecule has 0 saturated heterocycles. The third-order valence-corrected chi connectivity index (χ3v) is 4.39. The lowest BCUT2D eigenvalue weighted by atomic mass is 9.76. The fourth-order valence-electron chi connectivity index (χ4n) is 2.74. The van der Waals surface area contributed by atoms with E-state index in [4.69, 9.17) is 0 Å². The normalized spacial score (nSPS) is 14.7. The predicted molar refractivity (Wildman–Crippen MR) is 85.1 cm³/mol. The molecule has 2 aromatic carbocycles. The van der Waals surface area contributed by atoms with E-state index in [1.54, 1.807) is 0 Å². The van der Waals surface area contributed by atoms with Crippen LogP contribution in [0.15, 0.2) is 60.7 Å². The van der Waals surface area contributed by atoms with Gasteiger partial charge < -0.3 is 5.32 Å². The van der Waals surface area contributed by atoms with E-state index in [0.717, 1.165) is 12.8 Å². The molecule has 2 aromatic rings. The van der Waals surface area contributed by atoms with Crippen LogP contribution < -0.4 is 5.32 Å². The van der Waals surface area contributed by atoms with E-state index in [1.165, 1.54) is 11.1 Å². The third-order valence-electron chi connectivity index (χ3n) is 4.39. The van der Waals surface area contributed by atoms with Crippen molar-refractivity contribution in [2.24, 2.45) is 5.92 Å². The first-order valence-electron chi connectivity index (χ1n) is 7.59. The van der Waals surface area contributed by atoms with Crippen LogP contribution in [0.5, 0.6) is 0 Å². The second-order valence-electron chi connectivity index (χ2n) is 6.06. The zero-order chi connectivity index (χ0) is 14.7. The van der Waals surface area contributed by atoms with E-state index in [-0.39, 0.29) is 17.2 Å². The number of hydrogen-bond acceptors (Lipinski definition) is 1. The molecule has 3 rings (SSSR count). The van der Waals surface area contributed by atoms with Crippen molar-refractivity contribution in [3.05, 3.63) is 71.8 Å². The van der Waals surface area contributed by atoms with Crippen molar-refractivity contribution in [1.82, 2.24) is 5.32 Å². The zero-order valence-corrected chi connectivity index (χ0v) is 12.4. The molecule has 108 valence electrons. The largest absolute Gasteiger partial charge is 0.355 e. The van der Waals surface area contributed by atoms with Crippen LogP contribution in [-0.2, 0) is 10.2 Å². The molecule has 1 N–H and O–H groups in total. The second-order valence-corrected chi connectivity index (χ2v) is 6.06. The molecule has 0 bridgehead atoms. The van der Waals surface area contributed by atoms with Crippen molar-refractivity contribution in [2.45, 2.75) is 25.2 Å². The highest BCUT2D eigenvalue weighted by Gasteiger charge is 2.33. The summed E-state index contributed by atoms with van der Waals surface area (Å²) >= 11 is 0. The van der Waals surface area contributed by atoms with Crippen LogP contribution in [0.3, 0.4) is 0 Å². The smallest absolute Gasteiger partial charge is 0.223 e.